The third-order valence-corrected chi connectivity index (χ3v) is 17.3. The van der Waals surface area contributed by atoms with Crippen LogP contribution in [0.2, 0.25) is 0 Å². The quantitative estimate of drug-likeness (QED) is 0.0788. The number of anilines is 2. The number of phenols is 1. The Balaban J connectivity index is 0.626. The molecule has 5 N–H and O–H groups in total. The van der Waals surface area contributed by atoms with E-state index in [0.717, 1.165) is 125 Å². The van der Waals surface area contributed by atoms with E-state index >= 15 is 0 Å². The number of carbonyl (C=O) groups excluding carboxylic acids is 2. The number of thiazole rings is 1. The van der Waals surface area contributed by atoms with E-state index in [1.165, 1.54) is 4.90 Å². The number of aromatic nitrogens is 4. The fourth-order valence-corrected chi connectivity index (χ4v) is 12.8. The number of hydrogen-bond acceptors (Lipinski definition) is 17. The van der Waals surface area contributed by atoms with Gasteiger partial charge in [0.15, 0.2) is 11.6 Å². The summed E-state index contributed by atoms with van der Waals surface area (Å²) in [5.41, 5.74) is 13.4. The third kappa shape index (κ3) is 11.4. The maximum Gasteiger partial charge on any atom is 0.254 e. The molecule has 10 rings (SSSR count). The summed E-state index contributed by atoms with van der Waals surface area (Å²) in [6.45, 7) is 16.8. The number of ether oxygens (including phenoxy) is 3. The summed E-state index contributed by atoms with van der Waals surface area (Å²) in [6, 6.07) is 17.7. The predicted octanol–water partition coefficient (Wildman–Crippen LogP) is 6.44. The number of aliphatic hydroxyl groups excluding tert-OH is 1. The number of nitrogens with one attached hydrogen (secondary N) is 1. The molecule has 3 aromatic heterocycles. The highest BCUT2D eigenvalue weighted by atomic mass is 32.1. The first-order chi connectivity index (χ1) is 35.7. The number of phenolic OH excluding ortho intramolecular Hbond substituents is 1. The number of benzene rings is 2. The van der Waals surface area contributed by atoms with Gasteiger partial charge in [0, 0.05) is 63.9 Å². The van der Waals surface area contributed by atoms with Crippen molar-refractivity contribution in [3.63, 3.8) is 0 Å². The second-order valence-corrected chi connectivity index (χ2v) is 22.6. The molecule has 5 fully saturated rings. The van der Waals surface area contributed by atoms with Gasteiger partial charge >= 0.3 is 0 Å². The maximum atomic E-state index is 14.2. The smallest absolute Gasteiger partial charge is 0.254 e. The fourth-order valence-electron chi connectivity index (χ4n) is 12.0. The van der Waals surface area contributed by atoms with E-state index in [1.807, 2.05) is 75.7 Å². The zero-order valence-electron chi connectivity index (χ0n) is 43.2. The van der Waals surface area contributed by atoms with Crippen LogP contribution < -0.4 is 20.7 Å². The van der Waals surface area contributed by atoms with Crippen LogP contribution in [0.25, 0.3) is 21.7 Å². The van der Waals surface area contributed by atoms with Crippen molar-refractivity contribution in [2.24, 2.45) is 11.3 Å². The second-order valence-electron chi connectivity index (χ2n) is 21.7. The lowest BCUT2D eigenvalue weighted by Crippen LogP contribution is -2.57. The van der Waals surface area contributed by atoms with Gasteiger partial charge in [0.25, 0.3) is 5.88 Å². The van der Waals surface area contributed by atoms with Crippen molar-refractivity contribution >= 4 is 34.7 Å². The minimum Gasteiger partial charge on any atom is -0.507 e. The molecule has 4 saturated heterocycles. The van der Waals surface area contributed by atoms with Crippen LogP contribution in [0.15, 0.2) is 70.7 Å². The molecule has 5 aliphatic rings. The van der Waals surface area contributed by atoms with E-state index in [-0.39, 0.29) is 48.1 Å². The van der Waals surface area contributed by atoms with E-state index in [2.05, 4.69) is 40.4 Å². The molecule has 0 unspecified atom stereocenters. The molecule has 2 amide bonds. The normalized spacial score (nSPS) is 22.0. The lowest BCUT2D eigenvalue weighted by molar-refractivity contribution is -0.141. The first-order valence-corrected chi connectivity index (χ1v) is 27.4. The molecule has 2 aromatic carbocycles. The average Bonchev–Trinajstić information content (AvgIpc) is 4.14. The Morgan fingerprint density at radius 1 is 0.946 bits per heavy atom. The number of likely N-dealkylation sites (tertiary alicyclic amines) is 2. The van der Waals surface area contributed by atoms with Crippen molar-refractivity contribution in [1.82, 2.24) is 40.4 Å². The number of carbonyl (C=O) groups is 2. The third-order valence-electron chi connectivity index (χ3n) is 16.4. The molecule has 1 saturated carbocycles. The molecule has 2 spiro atoms. The zero-order chi connectivity index (χ0) is 51.6. The van der Waals surface area contributed by atoms with Crippen molar-refractivity contribution in [3.8, 4) is 33.3 Å². The van der Waals surface area contributed by atoms with Crippen LogP contribution in [-0.2, 0) is 19.1 Å². The van der Waals surface area contributed by atoms with Gasteiger partial charge in [-0.3, -0.25) is 19.4 Å². The number of nitrogen functional groups attached to an aromatic ring is 1. The molecule has 19 heteroatoms. The number of β-amino-alcohol motifs (C(OH)–C–C–N with tert-alkyl or cyclic N) is 1. The van der Waals surface area contributed by atoms with Crippen LogP contribution in [0.4, 0.5) is 11.5 Å². The van der Waals surface area contributed by atoms with Crippen molar-refractivity contribution in [1.29, 1.82) is 0 Å². The number of hydrogen-bond donors (Lipinski definition) is 4. The molecular formula is C55H72N10O8S. The molecular weight excluding hydrogens is 961 g/mol. The number of amides is 2. The van der Waals surface area contributed by atoms with Gasteiger partial charge in [-0.1, -0.05) is 50.2 Å². The molecule has 74 heavy (non-hydrogen) atoms. The van der Waals surface area contributed by atoms with Gasteiger partial charge in [-0.2, -0.15) is 0 Å². The van der Waals surface area contributed by atoms with E-state index in [9.17, 15) is 19.8 Å². The van der Waals surface area contributed by atoms with Gasteiger partial charge in [0.2, 0.25) is 11.8 Å². The number of aromatic hydroxyl groups is 1. The summed E-state index contributed by atoms with van der Waals surface area (Å²) >= 11 is 1.59. The van der Waals surface area contributed by atoms with E-state index in [4.69, 9.17) is 24.5 Å². The van der Waals surface area contributed by atoms with E-state index in [1.54, 1.807) is 29.5 Å². The van der Waals surface area contributed by atoms with Crippen molar-refractivity contribution < 1.29 is 38.5 Å². The molecule has 4 atom stereocenters. The molecule has 1 aliphatic carbocycles. The Labute approximate surface area is 437 Å². The number of nitrogens with zero attached hydrogens (tertiary/aromatic N) is 8. The SMILES string of the molecule is Cc1ncsc1-c1ccc([C@H](C)NC(=O)[C@@H]2C[C@@H](O)CN2C(=O)[C@@H](c2cc(OCCN3CCC4(CC3)CC(OCCN3CCOC5(CCN(c6cc(-c7ccccc7O)nnc6N)CC5)C3)C4)no2)C(C)C)cc1. The summed E-state index contributed by atoms with van der Waals surface area (Å²) in [5.74, 6) is -0.201. The Morgan fingerprint density at radius 2 is 1.70 bits per heavy atom. The molecule has 18 nitrogen and oxygen atoms in total. The van der Waals surface area contributed by atoms with Crippen molar-refractivity contribution in [2.75, 3.05) is 89.4 Å². The van der Waals surface area contributed by atoms with Gasteiger partial charge in [0.1, 0.15) is 24.3 Å². The molecule has 0 bridgehead atoms. The van der Waals surface area contributed by atoms with Crippen LogP contribution >= 0.6 is 11.3 Å². The highest BCUT2D eigenvalue weighted by molar-refractivity contribution is 7.13. The van der Waals surface area contributed by atoms with Crippen LogP contribution in [0.3, 0.4) is 0 Å². The van der Waals surface area contributed by atoms with Gasteiger partial charge in [-0.25, -0.2) is 4.98 Å². The van der Waals surface area contributed by atoms with Gasteiger partial charge < -0.3 is 49.8 Å². The highest BCUT2D eigenvalue weighted by Gasteiger charge is 2.47. The van der Waals surface area contributed by atoms with Gasteiger partial charge in [-0.05, 0) is 111 Å². The minimum absolute atomic E-state index is 0.0623. The van der Waals surface area contributed by atoms with Crippen LogP contribution in [-0.4, -0.2) is 160 Å². The molecule has 396 valence electrons. The largest absolute Gasteiger partial charge is 0.507 e. The second kappa shape index (κ2) is 22.3. The van der Waals surface area contributed by atoms with Crippen molar-refractivity contribution in [2.45, 2.75) is 108 Å². The number of morpholine rings is 1. The monoisotopic (exact) mass is 1030 g/mol. The average molecular weight is 1030 g/mol. The molecule has 5 aromatic rings. The van der Waals surface area contributed by atoms with Crippen LogP contribution in [0.1, 0.15) is 94.7 Å². The topological polar surface area (TPSA) is 218 Å². The lowest BCUT2D eigenvalue weighted by atomic mass is 9.61. The molecule has 7 heterocycles. The summed E-state index contributed by atoms with van der Waals surface area (Å²) < 4.78 is 24.8. The number of aryl methyl sites for hydroxylation is 1. The summed E-state index contributed by atoms with van der Waals surface area (Å²) in [5, 5.41) is 36.9. The first kappa shape index (κ1) is 51.8. The van der Waals surface area contributed by atoms with Gasteiger partial charge in [-0.15, -0.1) is 21.5 Å². The first-order valence-electron chi connectivity index (χ1n) is 26.5. The highest BCUT2D eigenvalue weighted by Crippen LogP contribution is 2.50. The Morgan fingerprint density at radius 3 is 2.43 bits per heavy atom. The molecule has 4 aliphatic heterocycles. The Kier molecular flexibility index (Phi) is 15.6. The summed E-state index contributed by atoms with van der Waals surface area (Å²) in [7, 11) is 0. The van der Waals surface area contributed by atoms with Crippen molar-refractivity contribution in [3.05, 3.63) is 83.2 Å². The Hall–Kier alpha value is -5.70. The van der Waals surface area contributed by atoms with E-state index < -0.39 is 18.1 Å². The minimum atomic E-state index is -0.820. The fraction of sp³-hybridized carbons (Fsp3) is 0.564. The van der Waals surface area contributed by atoms with Crippen LogP contribution in [0.5, 0.6) is 11.6 Å². The number of para-hydroxylation sites is 1. The molecule has 0 radical (unpaired) electrons. The number of piperidine rings is 2. The zero-order valence-corrected chi connectivity index (χ0v) is 44.0. The van der Waals surface area contributed by atoms with Gasteiger partial charge in [0.05, 0.1) is 64.5 Å². The van der Waals surface area contributed by atoms with Crippen LogP contribution in [0, 0.1) is 18.3 Å². The predicted molar refractivity (Wildman–Crippen MR) is 282 cm³/mol. The summed E-state index contributed by atoms with van der Waals surface area (Å²) in [6.07, 6.45) is 5.93. The summed E-state index contributed by atoms with van der Waals surface area (Å²) in [4.78, 5) is 42.2. The number of aliphatic hydroxyl groups is 1. The lowest BCUT2D eigenvalue weighted by Gasteiger charge is -2.52. The number of nitrogens with two attached hydrogens (primary N) is 1. The number of rotatable bonds is 17. The maximum absolute atomic E-state index is 14.2. The van der Waals surface area contributed by atoms with E-state index in [0.29, 0.717) is 53.4 Å². The standard InChI is InChI=1S/C55H72N10O8S/c1-35(2)49(53(69)65-32-40(66)27-45(65)52(68)58-36(3)38-9-11-39(12-10-38)50-37(4)57-34-74-50)47-29-48(61-73-47)71-25-21-62-17-13-54(14-18-62)30-41(31-54)70-24-22-63-23-26-72-55(33-63)15-19-64(20-16-55)44-28-43(59-60-51(44)56)42-7-5-6-8-46(42)67/h5-12,28-29,34-36,40-41,45,49,66-67H,13-27,30-33H2,1-4H3,(H2,56,60)(H,58,68)/t36-,40+,45-,49+/m0/s1. The Bertz CT molecular complexity index is 2710.